The van der Waals surface area contributed by atoms with E-state index in [1.54, 1.807) is 0 Å². The summed E-state index contributed by atoms with van der Waals surface area (Å²) in [5.74, 6) is -1.23. The highest BCUT2D eigenvalue weighted by Crippen LogP contribution is 2.19. The number of non-ortho nitro benzene ring substituents is 1. The van der Waals surface area contributed by atoms with Crippen molar-refractivity contribution >= 4 is 27.4 Å². The van der Waals surface area contributed by atoms with Crippen molar-refractivity contribution in [1.82, 2.24) is 0 Å². The van der Waals surface area contributed by atoms with Crippen LogP contribution < -0.4 is 9.83 Å². The molecule has 0 spiro atoms. The Morgan fingerprint density at radius 3 is 2.09 bits per heavy atom. The first-order chi connectivity index (χ1) is 10.8. The Morgan fingerprint density at radius 1 is 1.04 bits per heavy atom. The van der Waals surface area contributed by atoms with Crippen molar-refractivity contribution in [3.8, 4) is 0 Å². The van der Waals surface area contributed by atoms with E-state index in [4.69, 9.17) is 0 Å². The van der Waals surface area contributed by atoms with E-state index in [1.807, 2.05) is 0 Å². The van der Waals surface area contributed by atoms with Crippen LogP contribution >= 0.6 is 0 Å². The smallest absolute Gasteiger partial charge is 0.269 e. The molecule has 0 saturated heterocycles. The topological polar surface area (TPSA) is 129 Å². The fraction of sp³-hybridized carbons (Fsp3) is 0.0714. The molecule has 2 aromatic carbocycles. The van der Waals surface area contributed by atoms with Crippen LogP contribution in [0, 0.1) is 10.1 Å². The number of rotatable bonds is 6. The van der Waals surface area contributed by atoms with Gasteiger partial charge in [-0.3, -0.25) is 14.8 Å². The normalized spacial score (nSPS) is 11.0. The van der Waals surface area contributed by atoms with Crippen LogP contribution in [0.2, 0.25) is 0 Å². The van der Waals surface area contributed by atoms with Gasteiger partial charge < -0.3 is 9.90 Å². The fourth-order valence-electron chi connectivity index (χ4n) is 1.82. The van der Waals surface area contributed by atoms with E-state index in [0.29, 0.717) is 5.56 Å². The van der Waals surface area contributed by atoms with Crippen molar-refractivity contribution in [3.63, 3.8) is 0 Å². The van der Waals surface area contributed by atoms with E-state index in [-0.39, 0.29) is 22.7 Å². The van der Waals surface area contributed by atoms with Gasteiger partial charge in [0.25, 0.3) is 15.7 Å². The lowest BCUT2D eigenvalue weighted by Crippen LogP contribution is -2.24. The monoisotopic (exact) mass is 335 g/mol. The first-order valence-corrected chi connectivity index (χ1v) is 7.82. The number of anilines is 1. The zero-order chi connectivity index (χ0) is 17.0. The Bertz CT molecular complexity index is 829. The molecule has 2 aromatic rings. The number of nitro benzene ring substituents is 1. The minimum Gasteiger partial charge on any atom is -0.550 e. The second kappa shape index (κ2) is 6.44. The molecule has 0 saturated carbocycles. The lowest BCUT2D eigenvalue weighted by atomic mass is 10.1. The van der Waals surface area contributed by atoms with Gasteiger partial charge in [0, 0.05) is 30.2 Å². The summed E-state index contributed by atoms with van der Waals surface area (Å²) in [6.45, 7) is 0. The number of nitrogens with one attached hydrogen (secondary N) is 1. The molecule has 0 aromatic heterocycles. The number of hydrogen-bond acceptors (Lipinski definition) is 6. The Labute approximate surface area is 131 Å². The summed E-state index contributed by atoms with van der Waals surface area (Å²) in [5, 5.41) is 21.0. The first-order valence-electron chi connectivity index (χ1n) is 6.34. The molecular weight excluding hydrogens is 324 g/mol. The van der Waals surface area contributed by atoms with Gasteiger partial charge >= 0.3 is 0 Å². The second-order valence-corrected chi connectivity index (χ2v) is 6.28. The maximum absolute atomic E-state index is 12.2. The third-order valence-electron chi connectivity index (χ3n) is 2.91. The highest BCUT2D eigenvalue weighted by Gasteiger charge is 2.15. The van der Waals surface area contributed by atoms with E-state index in [9.17, 15) is 28.4 Å². The van der Waals surface area contributed by atoms with E-state index in [2.05, 4.69) is 4.72 Å². The molecule has 0 atom stereocenters. The SMILES string of the molecule is O=C([O-])Cc1ccc(NS(=O)(=O)c2ccc([N+](=O)[O-])cc2)cc1. The lowest BCUT2D eigenvalue weighted by Gasteiger charge is -2.09. The molecule has 0 fully saturated rings. The van der Waals surface area contributed by atoms with Gasteiger partial charge in [0.05, 0.1) is 9.82 Å². The van der Waals surface area contributed by atoms with Gasteiger partial charge in [-0.25, -0.2) is 8.42 Å². The van der Waals surface area contributed by atoms with E-state index < -0.39 is 20.9 Å². The maximum atomic E-state index is 12.2. The van der Waals surface area contributed by atoms with Gasteiger partial charge in [-0.15, -0.1) is 0 Å². The van der Waals surface area contributed by atoms with Gasteiger partial charge in [0.2, 0.25) is 0 Å². The van der Waals surface area contributed by atoms with Crippen LogP contribution in [0.5, 0.6) is 0 Å². The Hall–Kier alpha value is -2.94. The molecule has 0 heterocycles. The molecule has 120 valence electrons. The number of nitro groups is 1. The number of hydrogen-bond donors (Lipinski definition) is 1. The van der Waals surface area contributed by atoms with Crippen LogP contribution in [-0.4, -0.2) is 19.3 Å². The van der Waals surface area contributed by atoms with Crippen molar-refractivity contribution in [2.24, 2.45) is 0 Å². The van der Waals surface area contributed by atoms with Crippen LogP contribution in [0.25, 0.3) is 0 Å². The molecule has 0 bridgehead atoms. The molecule has 0 amide bonds. The van der Waals surface area contributed by atoms with Crippen LogP contribution in [0.15, 0.2) is 53.4 Å². The Balaban J connectivity index is 2.17. The summed E-state index contributed by atoms with van der Waals surface area (Å²) in [7, 11) is -3.89. The molecule has 8 nitrogen and oxygen atoms in total. The van der Waals surface area contributed by atoms with Gasteiger partial charge in [0.15, 0.2) is 0 Å². The minimum absolute atomic E-state index is 0.123. The summed E-state index contributed by atoms with van der Waals surface area (Å²) < 4.78 is 26.6. The number of nitrogens with zero attached hydrogens (tertiary/aromatic N) is 1. The fourth-order valence-corrected chi connectivity index (χ4v) is 2.88. The van der Waals surface area contributed by atoms with Crippen LogP contribution in [-0.2, 0) is 21.2 Å². The summed E-state index contributed by atoms with van der Waals surface area (Å²) in [6.07, 6.45) is -0.268. The van der Waals surface area contributed by atoms with Crippen molar-refractivity contribution in [2.75, 3.05) is 4.72 Å². The molecule has 0 aliphatic heterocycles. The summed E-state index contributed by atoms with van der Waals surface area (Å²) in [4.78, 5) is 20.3. The zero-order valence-electron chi connectivity index (χ0n) is 11.6. The molecule has 0 aliphatic carbocycles. The third-order valence-corrected chi connectivity index (χ3v) is 4.31. The van der Waals surface area contributed by atoms with E-state index >= 15 is 0 Å². The van der Waals surface area contributed by atoms with Crippen LogP contribution in [0.3, 0.4) is 0 Å². The predicted octanol–water partition coefficient (Wildman–Crippen LogP) is 0.688. The summed E-state index contributed by atoms with van der Waals surface area (Å²) in [6, 6.07) is 10.2. The number of carboxylic acids is 1. The van der Waals surface area contributed by atoms with Crippen molar-refractivity contribution in [1.29, 1.82) is 0 Å². The number of sulfonamides is 1. The summed E-state index contributed by atoms with van der Waals surface area (Å²) >= 11 is 0. The average Bonchev–Trinajstić information content (AvgIpc) is 2.48. The molecular formula is C14H11N2O6S-. The number of carbonyl (C=O) groups excluding carboxylic acids is 1. The quantitative estimate of drug-likeness (QED) is 0.610. The molecule has 0 unspecified atom stereocenters. The summed E-state index contributed by atoms with van der Waals surface area (Å²) in [5.41, 5.74) is 0.504. The van der Waals surface area contributed by atoms with Gasteiger partial charge in [-0.1, -0.05) is 12.1 Å². The lowest BCUT2D eigenvalue weighted by molar-refractivity contribution is -0.384. The second-order valence-electron chi connectivity index (χ2n) is 4.60. The maximum Gasteiger partial charge on any atom is 0.269 e. The molecule has 0 aliphatic rings. The van der Waals surface area contributed by atoms with Crippen LogP contribution in [0.1, 0.15) is 5.56 Å². The molecule has 0 radical (unpaired) electrons. The average molecular weight is 335 g/mol. The third kappa shape index (κ3) is 4.27. The van der Waals surface area contributed by atoms with Crippen molar-refractivity contribution in [3.05, 3.63) is 64.2 Å². The first kappa shape index (κ1) is 16.4. The molecule has 9 heteroatoms. The number of carboxylic acid groups (broad SMARTS) is 1. The molecule has 23 heavy (non-hydrogen) atoms. The zero-order valence-corrected chi connectivity index (χ0v) is 12.4. The number of benzene rings is 2. The Morgan fingerprint density at radius 2 is 1.61 bits per heavy atom. The minimum atomic E-state index is -3.89. The number of carbonyl (C=O) groups is 1. The highest BCUT2D eigenvalue weighted by molar-refractivity contribution is 7.92. The highest BCUT2D eigenvalue weighted by atomic mass is 32.2. The van der Waals surface area contributed by atoms with Gasteiger partial charge in [-0.05, 0) is 29.8 Å². The van der Waals surface area contributed by atoms with E-state index in [1.165, 1.54) is 24.3 Å². The number of aliphatic carboxylic acids is 1. The largest absolute Gasteiger partial charge is 0.550 e. The van der Waals surface area contributed by atoms with Gasteiger partial charge in [-0.2, -0.15) is 0 Å². The van der Waals surface area contributed by atoms with Crippen molar-refractivity contribution in [2.45, 2.75) is 11.3 Å². The van der Waals surface area contributed by atoms with Crippen molar-refractivity contribution < 1.29 is 23.2 Å². The van der Waals surface area contributed by atoms with Crippen LogP contribution in [0.4, 0.5) is 11.4 Å². The van der Waals surface area contributed by atoms with E-state index in [0.717, 1.165) is 24.3 Å². The molecule has 2 rings (SSSR count). The predicted molar refractivity (Wildman–Crippen MR) is 79.1 cm³/mol. The van der Waals surface area contributed by atoms with Gasteiger partial charge in [0.1, 0.15) is 0 Å². The molecule has 1 N–H and O–H groups in total. The Kier molecular flexibility index (Phi) is 4.60. The standard InChI is InChI=1S/C14H12N2O6S/c17-14(18)9-10-1-3-11(4-2-10)15-23(21,22)13-7-5-12(6-8-13)16(19)20/h1-8,15H,9H2,(H,17,18)/p-1.